The molecule has 116 valence electrons. The van der Waals surface area contributed by atoms with Crippen molar-refractivity contribution in [2.45, 2.75) is 33.2 Å². The van der Waals surface area contributed by atoms with E-state index in [9.17, 15) is 0 Å². The predicted octanol–water partition coefficient (Wildman–Crippen LogP) is 2.89. The molecule has 0 aromatic heterocycles. The molecule has 1 heterocycles. The Labute approximate surface area is 128 Å². The predicted molar refractivity (Wildman–Crippen MR) is 87.8 cm³/mol. The molecule has 0 saturated carbocycles. The Balaban J connectivity index is 2.02. The van der Waals surface area contributed by atoms with Gasteiger partial charge < -0.3 is 15.0 Å². The van der Waals surface area contributed by atoms with Crippen molar-refractivity contribution in [2.24, 2.45) is 10.9 Å². The summed E-state index contributed by atoms with van der Waals surface area (Å²) in [5, 5.41) is 3.41. The van der Waals surface area contributed by atoms with Gasteiger partial charge in [0, 0.05) is 19.6 Å². The van der Waals surface area contributed by atoms with Gasteiger partial charge in [0.25, 0.3) is 0 Å². The number of hydrogen-bond acceptors (Lipinski definition) is 2. The van der Waals surface area contributed by atoms with E-state index < -0.39 is 0 Å². The SMILES string of the molecule is CCNC(=NCc1cccc(OC)c1)N1CCC(C)CC1. The molecule has 0 aliphatic carbocycles. The lowest BCUT2D eigenvalue weighted by Crippen LogP contribution is -2.45. The Morgan fingerprint density at radius 2 is 2.14 bits per heavy atom. The van der Waals surface area contributed by atoms with E-state index in [2.05, 4.69) is 30.1 Å². The summed E-state index contributed by atoms with van der Waals surface area (Å²) in [5.41, 5.74) is 1.18. The zero-order valence-electron chi connectivity index (χ0n) is 13.4. The van der Waals surface area contributed by atoms with Crippen LogP contribution in [-0.4, -0.2) is 37.6 Å². The summed E-state index contributed by atoms with van der Waals surface area (Å²) < 4.78 is 5.26. The van der Waals surface area contributed by atoms with E-state index in [1.165, 1.54) is 18.4 Å². The second kappa shape index (κ2) is 7.91. The molecule has 1 aromatic carbocycles. The van der Waals surface area contributed by atoms with Crippen molar-refractivity contribution in [3.8, 4) is 5.75 Å². The van der Waals surface area contributed by atoms with Crippen molar-refractivity contribution in [1.29, 1.82) is 0 Å². The minimum Gasteiger partial charge on any atom is -0.497 e. The average molecular weight is 289 g/mol. The number of methoxy groups -OCH3 is 1. The molecule has 4 nitrogen and oxygen atoms in total. The summed E-state index contributed by atoms with van der Waals surface area (Å²) in [6.07, 6.45) is 2.51. The number of guanidine groups is 1. The van der Waals surface area contributed by atoms with E-state index in [0.29, 0.717) is 6.54 Å². The number of aliphatic imine (C=N–C) groups is 1. The quantitative estimate of drug-likeness (QED) is 0.684. The summed E-state index contributed by atoms with van der Waals surface area (Å²) in [5.74, 6) is 2.76. The van der Waals surface area contributed by atoms with E-state index >= 15 is 0 Å². The van der Waals surface area contributed by atoms with Gasteiger partial charge in [0.05, 0.1) is 13.7 Å². The number of rotatable bonds is 4. The van der Waals surface area contributed by atoms with Gasteiger partial charge in [-0.15, -0.1) is 0 Å². The van der Waals surface area contributed by atoms with Crippen LogP contribution in [0, 0.1) is 5.92 Å². The first-order valence-corrected chi connectivity index (χ1v) is 7.89. The summed E-state index contributed by atoms with van der Waals surface area (Å²) >= 11 is 0. The van der Waals surface area contributed by atoms with Crippen molar-refractivity contribution in [3.63, 3.8) is 0 Å². The molecule has 1 saturated heterocycles. The molecule has 1 aliphatic heterocycles. The van der Waals surface area contributed by atoms with Crippen molar-refractivity contribution in [2.75, 3.05) is 26.7 Å². The maximum atomic E-state index is 5.26. The summed E-state index contributed by atoms with van der Waals surface area (Å²) in [7, 11) is 1.70. The lowest BCUT2D eigenvalue weighted by Gasteiger charge is -2.33. The third-order valence-electron chi connectivity index (χ3n) is 3.96. The maximum absolute atomic E-state index is 5.26. The van der Waals surface area contributed by atoms with Crippen molar-refractivity contribution in [3.05, 3.63) is 29.8 Å². The fourth-order valence-corrected chi connectivity index (χ4v) is 2.58. The highest BCUT2D eigenvalue weighted by Gasteiger charge is 2.18. The highest BCUT2D eigenvalue weighted by atomic mass is 16.5. The third kappa shape index (κ3) is 4.66. The Bertz CT molecular complexity index is 465. The van der Waals surface area contributed by atoms with Gasteiger partial charge in [0.15, 0.2) is 5.96 Å². The second-order valence-corrected chi connectivity index (χ2v) is 5.69. The molecule has 0 radical (unpaired) electrons. The molecule has 1 fully saturated rings. The topological polar surface area (TPSA) is 36.9 Å². The van der Waals surface area contributed by atoms with E-state index in [-0.39, 0.29) is 0 Å². The molecule has 1 N–H and O–H groups in total. The fraction of sp³-hybridized carbons (Fsp3) is 0.588. The number of hydrogen-bond donors (Lipinski definition) is 1. The molecule has 0 unspecified atom stereocenters. The van der Waals surface area contributed by atoms with Crippen LogP contribution in [0.3, 0.4) is 0 Å². The molecule has 2 rings (SSSR count). The van der Waals surface area contributed by atoms with Gasteiger partial charge in [-0.1, -0.05) is 19.1 Å². The lowest BCUT2D eigenvalue weighted by molar-refractivity contribution is 0.273. The van der Waals surface area contributed by atoms with Crippen LogP contribution in [0.15, 0.2) is 29.3 Å². The minimum absolute atomic E-state index is 0.686. The molecule has 21 heavy (non-hydrogen) atoms. The van der Waals surface area contributed by atoms with E-state index in [1.807, 2.05) is 18.2 Å². The molecule has 1 aromatic rings. The van der Waals surface area contributed by atoms with E-state index in [1.54, 1.807) is 7.11 Å². The van der Waals surface area contributed by atoms with Crippen LogP contribution in [0.5, 0.6) is 5.75 Å². The molecule has 0 spiro atoms. The molecule has 0 amide bonds. The number of nitrogens with zero attached hydrogens (tertiary/aromatic N) is 2. The van der Waals surface area contributed by atoms with Gasteiger partial charge >= 0.3 is 0 Å². The highest BCUT2D eigenvalue weighted by Crippen LogP contribution is 2.17. The largest absolute Gasteiger partial charge is 0.497 e. The monoisotopic (exact) mass is 289 g/mol. The van der Waals surface area contributed by atoms with Crippen LogP contribution in [-0.2, 0) is 6.54 Å². The van der Waals surface area contributed by atoms with Crippen molar-refractivity contribution < 1.29 is 4.74 Å². The second-order valence-electron chi connectivity index (χ2n) is 5.69. The molecule has 0 atom stereocenters. The standard InChI is InChI=1S/C17H27N3O/c1-4-18-17(20-10-8-14(2)9-11-20)19-13-15-6-5-7-16(12-15)21-3/h5-7,12,14H,4,8-11,13H2,1-3H3,(H,18,19). The van der Waals surface area contributed by atoms with Gasteiger partial charge in [-0.2, -0.15) is 0 Å². The number of ether oxygens (including phenoxy) is 1. The number of benzene rings is 1. The molecule has 1 aliphatic rings. The Hall–Kier alpha value is -1.71. The summed E-state index contributed by atoms with van der Waals surface area (Å²) in [4.78, 5) is 7.16. The Morgan fingerprint density at radius 1 is 1.38 bits per heavy atom. The molecule has 0 bridgehead atoms. The lowest BCUT2D eigenvalue weighted by atomic mass is 10.00. The highest BCUT2D eigenvalue weighted by molar-refractivity contribution is 5.80. The molecular weight excluding hydrogens is 262 g/mol. The summed E-state index contributed by atoms with van der Waals surface area (Å²) in [6, 6.07) is 8.11. The van der Waals surface area contributed by atoms with Gasteiger partial charge in [-0.25, -0.2) is 4.99 Å². The first-order chi connectivity index (χ1) is 10.2. The van der Waals surface area contributed by atoms with E-state index in [0.717, 1.165) is 37.3 Å². The number of piperidine rings is 1. The van der Waals surface area contributed by atoms with Gasteiger partial charge in [-0.05, 0) is 43.4 Å². The smallest absolute Gasteiger partial charge is 0.194 e. The first kappa shape index (κ1) is 15.7. The zero-order valence-corrected chi connectivity index (χ0v) is 13.4. The van der Waals surface area contributed by atoms with Crippen LogP contribution in [0.2, 0.25) is 0 Å². The van der Waals surface area contributed by atoms with Crippen LogP contribution in [0.1, 0.15) is 32.3 Å². The third-order valence-corrected chi connectivity index (χ3v) is 3.96. The minimum atomic E-state index is 0.686. The average Bonchev–Trinajstić information content (AvgIpc) is 2.52. The van der Waals surface area contributed by atoms with Crippen LogP contribution in [0.25, 0.3) is 0 Å². The van der Waals surface area contributed by atoms with E-state index in [4.69, 9.17) is 9.73 Å². The van der Waals surface area contributed by atoms with Crippen LogP contribution < -0.4 is 10.1 Å². The van der Waals surface area contributed by atoms with Crippen molar-refractivity contribution in [1.82, 2.24) is 10.2 Å². The molecular formula is C17H27N3O. The molecule has 4 heteroatoms. The Morgan fingerprint density at radius 3 is 2.81 bits per heavy atom. The number of nitrogens with one attached hydrogen (secondary N) is 1. The van der Waals surface area contributed by atoms with Crippen LogP contribution >= 0.6 is 0 Å². The van der Waals surface area contributed by atoms with Gasteiger partial charge in [-0.3, -0.25) is 0 Å². The Kier molecular flexibility index (Phi) is 5.90. The first-order valence-electron chi connectivity index (χ1n) is 7.89. The van der Waals surface area contributed by atoms with Gasteiger partial charge in [0.1, 0.15) is 5.75 Å². The van der Waals surface area contributed by atoms with Gasteiger partial charge in [0.2, 0.25) is 0 Å². The summed E-state index contributed by atoms with van der Waals surface area (Å²) in [6.45, 7) is 8.25. The normalized spacial score (nSPS) is 16.9. The zero-order chi connectivity index (χ0) is 15.1. The van der Waals surface area contributed by atoms with Crippen molar-refractivity contribution >= 4 is 5.96 Å². The fourth-order valence-electron chi connectivity index (χ4n) is 2.58. The maximum Gasteiger partial charge on any atom is 0.194 e. The van der Waals surface area contributed by atoms with Crippen LogP contribution in [0.4, 0.5) is 0 Å². The number of likely N-dealkylation sites (tertiary alicyclic amines) is 1.